The number of allylic oxidation sites excluding steroid dienone is 3. The lowest BCUT2D eigenvalue weighted by molar-refractivity contribution is -0.156. The van der Waals surface area contributed by atoms with Crippen LogP contribution in [-0.2, 0) is 28.7 Å². The van der Waals surface area contributed by atoms with E-state index in [1.807, 2.05) is 6.92 Å². The van der Waals surface area contributed by atoms with E-state index in [1.54, 1.807) is 19.9 Å². The predicted molar refractivity (Wildman–Crippen MR) is 128 cm³/mol. The van der Waals surface area contributed by atoms with E-state index in [9.17, 15) is 24.3 Å². The lowest BCUT2D eigenvalue weighted by Gasteiger charge is -2.36. The Hall–Kier alpha value is -2.80. The van der Waals surface area contributed by atoms with Gasteiger partial charge in [0, 0.05) is 17.9 Å². The molecule has 2 aliphatic heterocycles. The summed E-state index contributed by atoms with van der Waals surface area (Å²) >= 11 is 0. The molecule has 0 aromatic rings. The van der Waals surface area contributed by atoms with E-state index in [-0.39, 0.29) is 29.7 Å². The number of ketones is 3. The molecule has 0 spiro atoms. The van der Waals surface area contributed by atoms with Gasteiger partial charge in [-0.15, -0.1) is 0 Å². The SMILES string of the molecule is CCCCCCC(C)C(=O)[C@H]1C(=O)O[C@@]2(C)C(=O)C=C3C=C(C4=C(C)CC(O)CC4=O)OC=C3[C@@H]12. The molecule has 35 heavy (non-hydrogen) atoms. The molecular weight excluding hydrogens is 448 g/mol. The maximum atomic E-state index is 13.4. The number of unbranched alkanes of at least 4 members (excludes halogenated alkanes) is 3. The van der Waals surface area contributed by atoms with Crippen LogP contribution >= 0.6 is 0 Å². The molecular formula is C28H34O7. The smallest absolute Gasteiger partial charge is 0.318 e. The van der Waals surface area contributed by atoms with Gasteiger partial charge >= 0.3 is 5.97 Å². The molecule has 4 rings (SSSR count). The number of Topliss-reactive ketones (excluding diaryl/α,β-unsaturated/α-hetero) is 2. The summed E-state index contributed by atoms with van der Waals surface area (Å²) < 4.78 is 11.4. The maximum Gasteiger partial charge on any atom is 0.318 e. The van der Waals surface area contributed by atoms with E-state index in [2.05, 4.69) is 6.92 Å². The number of aliphatic hydroxyl groups is 1. The van der Waals surface area contributed by atoms with Crippen LogP contribution < -0.4 is 0 Å². The molecule has 188 valence electrons. The average molecular weight is 483 g/mol. The van der Waals surface area contributed by atoms with Gasteiger partial charge in [-0.1, -0.05) is 45.1 Å². The Labute approximate surface area is 205 Å². The second-order valence-electron chi connectivity index (χ2n) is 10.4. The van der Waals surface area contributed by atoms with Gasteiger partial charge in [-0.25, -0.2) is 0 Å². The van der Waals surface area contributed by atoms with E-state index in [4.69, 9.17) is 9.47 Å². The highest BCUT2D eigenvalue weighted by atomic mass is 16.6. The summed E-state index contributed by atoms with van der Waals surface area (Å²) in [6.07, 6.45) is 8.97. The third kappa shape index (κ3) is 4.46. The predicted octanol–water partition coefficient (Wildman–Crippen LogP) is 4.06. The zero-order chi connectivity index (χ0) is 25.5. The number of ether oxygens (including phenoxy) is 2. The summed E-state index contributed by atoms with van der Waals surface area (Å²) in [7, 11) is 0. The number of carbonyl (C=O) groups is 4. The van der Waals surface area contributed by atoms with Crippen molar-refractivity contribution in [3.8, 4) is 0 Å². The average Bonchev–Trinajstić information content (AvgIpc) is 3.07. The summed E-state index contributed by atoms with van der Waals surface area (Å²) in [6.45, 7) is 7.29. The zero-order valence-corrected chi connectivity index (χ0v) is 20.9. The molecule has 2 heterocycles. The number of esters is 1. The number of rotatable bonds is 8. The van der Waals surface area contributed by atoms with Gasteiger partial charge in [-0.05, 0) is 44.4 Å². The normalized spacial score (nSPS) is 31.1. The van der Waals surface area contributed by atoms with Crippen molar-refractivity contribution in [1.29, 1.82) is 0 Å². The topological polar surface area (TPSA) is 107 Å². The van der Waals surface area contributed by atoms with E-state index in [0.717, 1.165) is 25.7 Å². The van der Waals surface area contributed by atoms with Crippen molar-refractivity contribution in [3.05, 3.63) is 46.5 Å². The number of hydrogen-bond acceptors (Lipinski definition) is 7. The molecule has 1 N–H and O–H groups in total. The zero-order valence-electron chi connectivity index (χ0n) is 20.9. The van der Waals surface area contributed by atoms with Gasteiger partial charge in [0.15, 0.2) is 23.0 Å². The first-order valence-corrected chi connectivity index (χ1v) is 12.6. The second kappa shape index (κ2) is 9.69. The van der Waals surface area contributed by atoms with Gasteiger partial charge in [-0.2, -0.15) is 0 Å². The quantitative estimate of drug-likeness (QED) is 0.316. The van der Waals surface area contributed by atoms with Crippen molar-refractivity contribution in [1.82, 2.24) is 0 Å². The molecule has 1 fully saturated rings. The molecule has 5 atom stereocenters. The van der Waals surface area contributed by atoms with Crippen molar-refractivity contribution >= 4 is 23.3 Å². The first kappa shape index (κ1) is 25.3. The molecule has 0 aromatic heterocycles. The molecule has 4 aliphatic rings. The molecule has 7 nitrogen and oxygen atoms in total. The lowest BCUT2D eigenvalue weighted by Crippen LogP contribution is -2.47. The summed E-state index contributed by atoms with van der Waals surface area (Å²) in [6, 6.07) is 0. The fraction of sp³-hybridized carbons (Fsp3) is 0.571. The highest BCUT2D eigenvalue weighted by Crippen LogP contribution is 2.51. The third-order valence-corrected chi connectivity index (χ3v) is 7.73. The van der Waals surface area contributed by atoms with Gasteiger partial charge in [0.25, 0.3) is 0 Å². The first-order valence-electron chi connectivity index (χ1n) is 12.6. The van der Waals surface area contributed by atoms with Crippen LogP contribution in [0.15, 0.2) is 46.5 Å². The minimum absolute atomic E-state index is 0.0116. The monoisotopic (exact) mass is 482 g/mol. The molecule has 2 unspecified atom stereocenters. The fourth-order valence-electron chi connectivity index (χ4n) is 5.75. The Morgan fingerprint density at radius 2 is 1.91 bits per heavy atom. The van der Waals surface area contributed by atoms with Crippen LogP contribution in [0.3, 0.4) is 0 Å². The third-order valence-electron chi connectivity index (χ3n) is 7.73. The highest BCUT2D eigenvalue weighted by molar-refractivity contribution is 6.10. The molecule has 2 aliphatic carbocycles. The van der Waals surface area contributed by atoms with Crippen LogP contribution in [0.4, 0.5) is 0 Å². The van der Waals surface area contributed by atoms with Crippen LogP contribution in [0.2, 0.25) is 0 Å². The number of hydrogen-bond donors (Lipinski definition) is 1. The molecule has 0 aromatic carbocycles. The molecule has 0 saturated carbocycles. The summed E-state index contributed by atoms with van der Waals surface area (Å²) in [4.78, 5) is 52.1. The number of aliphatic hydroxyl groups excluding tert-OH is 1. The van der Waals surface area contributed by atoms with Gasteiger partial charge < -0.3 is 14.6 Å². The van der Waals surface area contributed by atoms with Gasteiger partial charge in [-0.3, -0.25) is 19.2 Å². The van der Waals surface area contributed by atoms with Crippen molar-refractivity contribution in [2.75, 3.05) is 0 Å². The minimum Gasteiger partial charge on any atom is -0.464 e. The van der Waals surface area contributed by atoms with Crippen LogP contribution in [0.25, 0.3) is 0 Å². The van der Waals surface area contributed by atoms with E-state index < -0.39 is 29.5 Å². The molecule has 7 heteroatoms. The standard InChI is InChI=1S/C28H34O7/c1-5-6-7-8-9-15(2)26(32)24-25-19-14-34-21(23-16(3)10-18(29)13-20(23)30)11-17(19)12-22(31)28(25,4)35-27(24)33/h11-12,14-15,18,24-25,29H,5-10,13H2,1-4H3/t15?,18?,24-,25-,28-/m0/s1. The van der Waals surface area contributed by atoms with E-state index >= 15 is 0 Å². The van der Waals surface area contributed by atoms with Crippen LogP contribution in [-0.4, -0.2) is 40.1 Å². The van der Waals surface area contributed by atoms with E-state index in [1.165, 1.54) is 12.3 Å². The lowest BCUT2D eigenvalue weighted by atomic mass is 9.66. The fourth-order valence-corrected chi connectivity index (χ4v) is 5.75. The van der Waals surface area contributed by atoms with Crippen LogP contribution in [0.5, 0.6) is 0 Å². The molecule has 0 bridgehead atoms. The molecule has 0 radical (unpaired) electrons. The maximum absolute atomic E-state index is 13.4. The van der Waals surface area contributed by atoms with Gasteiger partial charge in [0.05, 0.1) is 23.9 Å². The first-order chi connectivity index (χ1) is 16.6. The Balaban J connectivity index is 1.63. The summed E-state index contributed by atoms with van der Waals surface area (Å²) in [5, 5.41) is 9.89. The Bertz CT molecular complexity index is 1090. The Morgan fingerprint density at radius 1 is 1.17 bits per heavy atom. The Morgan fingerprint density at radius 3 is 2.60 bits per heavy atom. The number of carbonyl (C=O) groups excluding carboxylic acids is 4. The number of fused-ring (bicyclic) bond motifs is 3. The molecule has 0 amide bonds. The summed E-state index contributed by atoms with van der Waals surface area (Å²) in [5.41, 5.74) is 0.723. The van der Waals surface area contributed by atoms with Crippen molar-refractivity contribution in [3.63, 3.8) is 0 Å². The second-order valence-corrected chi connectivity index (χ2v) is 10.4. The van der Waals surface area contributed by atoms with Crippen LogP contribution in [0.1, 0.15) is 72.6 Å². The summed E-state index contributed by atoms with van der Waals surface area (Å²) in [5.74, 6) is -3.37. The highest BCUT2D eigenvalue weighted by Gasteiger charge is 2.62. The van der Waals surface area contributed by atoms with Gasteiger partial charge in [0.2, 0.25) is 0 Å². The minimum atomic E-state index is -1.47. The van der Waals surface area contributed by atoms with Crippen molar-refractivity contribution in [2.45, 2.75) is 84.3 Å². The molecule has 1 saturated heterocycles. The van der Waals surface area contributed by atoms with E-state index in [0.29, 0.717) is 40.9 Å². The van der Waals surface area contributed by atoms with Crippen molar-refractivity contribution in [2.24, 2.45) is 17.8 Å². The largest absolute Gasteiger partial charge is 0.464 e. The van der Waals surface area contributed by atoms with Crippen molar-refractivity contribution < 1.29 is 33.8 Å². The van der Waals surface area contributed by atoms with Gasteiger partial charge in [0.1, 0.15) is 11.7 Å². The Kier molecular flexibility index (Phi) is 7.00. The van der Waals surface area contributed by atoms with Crippen LogP contribution in [0, 0.1) is 17.8 Å².